The zero-order valence-electron chi connectivity index (χ0n) is 30.9. The summed E-state index contributed by atoms with van der Waals surface area (Å²) in [7, 11) is 0. The molecule has 0 aliphatic heterocycles. The summed E-state index contributed by atoms with van der Waals surface area (Å²) in [6, 6.07) is 0. The molecule has 0 spiro atoms. The van der Waals surface area contributed by atoms with Crippen molar-refractivity contribution in [1.82, 2.24) is 0 Å². The van der Waals surface area contributed by atoms with E-state index in [2.05, 4.69) is 47.6 Å². The van der Waals surface area contributed by atoms with Gasteiger partial charge in [-0.05, 0) is 104 Å². The molecule has 0 saturated heterocycles. The van der Waals surface area contributed by atoms with Crippen LogP contribution in [0.25, 0.3) is 0 Å². The summed E-state index contributed by atoms with van der Waals surface area (Å²) in [6.45, 7) is 16.1. The average Bonchev–Trinajstić information content (AvgIpc) is 3.36. The molecule has 0 radical (unpaired) electrons. The fourth-order valence-electron chi connectivity index (χ4n) is 11.3. The summed E-state index contributed by atoms with van der Waals surface area (Å²) < 4.78 is 6.55. The van der Waals surface area contributed by atoms with Crippen molar-refractivity contribution in [3.63, 3.8) is 0 Å². The maximum absolute atomic E-state index is 6.55. The smallest absolute Gasteiger partial charge is 0.0612 e. The van der Waals surface area contributed by atoms with Crippen LogP contribution in [0.3, 0.4) is 0 Å². The molecule has 1 heteroatoms. The number of hydrogen-bond donors (Lipinski definition) is 0. The Morgan fingerprint density at radius 3 is 1.98 bits per heavy atom. The predicted octanol–water partition coefficient (Wildman–Crippen LogP) is 13.9. The molecular formula is C43H78O. The van der Waals surface area contributed by atoms with Gasteiger partial charge in [-0.15, -0.1) is 0 Å². The van der Waals surface area contributed by atoms with Crippen LogP contribution in [-0.4, -0.2) is 12.7 Å². The fourth-order valence-corrected chi connectivity index (χ4v) is 11.3. The summed E-state index contributed by atoms with van der Waals surface area (Å²) in [5.41, 5.74) is 2.87. The highest BCUT2D eigenvalue weighted by molar-refractivity contribution is 5.25. The minimum Gasteiger partial charge on any atom is -0.378 e. The normalized spacial score (nSPS) is 34.0. The summed E-state index contributed by atoms with van der Waals surface area (Å²) in [5, 5.41) is 0. The third kappa shape index (κ3) is 9.63. The number of hydrogen-bond acceptors (Lipinski definition) is 1. The minimum absolute atomic E-state index is 0.458. The maximum atomic E-state index is 6.55. The van der Waals surface area contributed by atoms with Crippen LogP contribution in [-0.2, 0) is 4.74 Å². The molecule has 0 N–H and O–H groups in total. The first-order valence-electron chi connectivity index (χ1n) is 20.6. The average molecular weight is 611 g/mol. The molecule has 44 heavy (non-hydrogen) atoms. The number of ether oxygens (including phenoxy) is 1. The Labute approximate surface area is 276 Å². The molecule has 256 valence electrons. The van der Waals surface area contributed by atoms with Crippen molar-refractivity contribution in [1.29, 1.82) is 0 Å². The van der Waals surface area contributed by atoms with Crippen LogP contribution in [0.1, 0.15) is 202 Å². The Hall–Kier alpha value is -0.300. The number of fused-ring (bicyclic) bond motifs is 5. The second-order valence-corrected chi connectivity index (χ2v) is 17.6. The molecule has 8 atom stereocenters. The van der Waals surface area contributed by atoms with Gasteiger partial charge < -0.3 is 4.74 Å². The summed E-state index contributed by atoms with van der Waals surface area (Å²) in [4.78, 5) is 0. The first-order chi connectivity index (χ1) is 21.3. The minimum atomic E-state index is 0.458. The lowest BCUT2D eigenvalue weighted by molar-refractivity contribution is -0.0641. The molecule has 0 aromatic heterocycles. The molecule has 4 aliphatic carbocycles. The lowest BCUT2D eigenvalue weighted by Gasteiger charge is -2.58. The summed E-state index contributed by atoms with van der Waals surface area (Å²) >= 11 is 0. The molecule has 0 aromatic rings. The van der Waals surface area contributed by atoms with E-state index in [9.17, 15) is 0 Å². The SMILES string of the molecule is CCCCCCCCCCCCCCCCOC1CC[C@@]2(C)C(=CC[C@H]3[C@@H]4CC[C@H]([C@H](C)CCCC(C)C)[C@@]4(C)CC[C@@H]32)C1. The molecule has 0 heterocycles. The van der Waals surface area contributed by atoms with Crippen LogP contribution in [0.4, 0.5) is 0 Å². The van der Waals surface area contributed by atoms with Gasteiger partial charge in [0.1, 0.15) is 0 Å². The van der Waals surface area contributed by atoms with E-state index in [1.54, 1.807) is 5.57 Å². The van der Waals surface area contributed by atoms with E-state index in [4.69, 9.17) is 4.74 Å². The quantitative estimate of drug-likeness (QED) is 0.0928. The Morgan fingerprint density at radius 1 is 0.705 bits per heavy atom. The van der Waals surface area contributed by atoms with E-state index in [1.165, 1.54) is 161 Å². The van der Waals surface area contributed by atoms with E-state index < -0.39 is 0 Å². The van der Waals surface area contributed by atoms with Crippen molar-refractivity contribution in [2.24, 2.45) is 46.3 Å². The van der Waals surface area contributed by atoms with Gasteiger partial charge in [0.15, 0.2) is 0 Å². The van der Waals surface area contributed by atoms with Gasteiger partial charge in [-0.1, -0.05) is 156 Å². The third-order valence-corrected chi connectivity index (χ3v) is 14.1. The van der Waals surface area contributed by atoms with Crippen LogP contribution in [0.5, 0.6) is 0 Å². The van der Waals surface area contributed by atoms with Crippen molar-refractivity contribution < 1.29 is 4.74 Å². The van der Waals surface area contributed by atoms with Gasteiger partial charge in [-0.25, -0.2) is 0 Å². The molecule has 4 rings (SSSR count). The monoisotopic (exact) mass is 611 g/mol. The van der Waals surface area contributed by atoms with Gasteiger partial charge in [-0.3, -0.25) is 0 Å². The molecule has 1 nitrogen and oxygen atoms in total. The predicted molar refractivity (Wildman–Crippen MR) is 193 cm³/mol. The van der Waals surface area contributed by atoms with Crippen LogP contribution in [0.15, 0.2) is 11.6 Å². The van der Waals surface area contributed by atoms with Gasteiger partial charge in [0.2, 0.25) is 0 Å². The lowest BCUT2D eigenvalue weighted by atomic mass is 9.47. The van der Waals surface area contributed by atoms with E-state index in [-0.39, 0.29) is 0 Å². The van der Waals surface area contributed by atoms with Crippen molar-refractivity contribution in [2.45, 2.75) is 208 Å². The van der Waals surface area contributed by atoms with E-state index in [1.807, 2.05) is 0 Å². The molecule has 1 unspecified atom stereocenters. The second-order valence-electron chi connectivity index (χ2n) is 17.6. The third-order valence-electron chi connectivity index (χ3n) is 14.1. The van der Waals surface area contributed by atoms with Crippen molar-refractivity contribution in [3.8, 4) is 0 Å². The molecule has 3 fully saturated rings. The second kappa shape index (κ2) is 18.3. The van der Waals surface area contributed by atoms with Crippen LogP contribution in [0, 0.1) is 46.3 Å². The Bertz CT molecular complexity index is 827. The first kappa shape index (κ1) is 36.5. The molecule has 3 saturated carbocycles. The van der Waals surface area contributed by atoms with Gasteiger partial charge >= 0.3 is 0 Å². The molecule has 0 amide bonds. The zero-order chi connectivity index (χ0) is 31.4. The van der Waals surface area contributed by atoms with E-state index >= 15 is 0 Å². The van der Waals surface area contributed by atoms with Crippen molar-refractivity contribution in [2.75, 3.05) is 6.61 Å². The highest BCUT2D eigenvalue weighted by Gasteiger charge is 2.59. The summed E-state index contributed by atoms with van der Waals surface area (Å²) in [5.74, 6) is 5.60. The molecule has 4 aliphatic rings. The molecular weight excluding hydrogens is 532 g/mol. The van der Waals surface area contributed by atoms with E-state index in [0.717, 1.165) is 42.1 Å². The maximum Gasteiger partial charge on any atom is 0.0612 e. The van der Waals surface area contributed by atoms with Crippen LogP contribution >= 0.6 is 0 Å². The topological polar surface area (TPSA) is 9.23 Å². The first-order valence-corrected chi connectivity index (χ1v) is 20.6. The fraction of sp³-hybridized carbons (Fsp3) is 0.953. The van der Waals surface area contributed by atoms with Crippen LogP contribution in [0.2, 0.25) is 0 Å². The Morgan fingerprint density at radius 2 is 1.34 bits per heavy atom. The van der Waals surface area contributed by atoms with E-state index in [0.29, 0.717) is 16.9 Å². The van der Waals surface area contributed by atoms with Crippen molar-refractivity contribution >= 4 is 0 Å². The van der Waals surface area contributed by atoms with Crippen LogP contribution < -0.4 is 0 Å². The van der Waals surface area contributed by atoms with Gasteiger partial charge in [0.25, 0.3) is 0 Å². The largest absolute Gasteiger partial charge is 0.378 e. The van der Waals surface area contributed by atoms with Gasteiger partial charge in [-0.2, -0.15) is 0 Å². The number of allylic oxidation sites excluding steroid dienone is 1. The van der Waals surface area contributed by atoms with Gasteiger partial charge in [0.05, 0.1) is 6.10 Å². The molecule has 0 bridgehead atoms. The highest BCUT2D eigenvalue weighted by Crippen LogP contribution is 2.67. The van der Waals surface area contributed by atoms with Crippen molar-refractivity contribution in [3.05, 3.63) is 11.6 Å². The lowest BCUT2D eigenvalue weighted by Crippen LogP contribution is -2.51. The summed E-state index contributed by atoms with van der Waals surface area (Å²) in [6.07, 6.45) is 38.8. The Kier molecular flexibility index (Phi) is 15.2. The number of rotatable bonds is 21. The standard InChI is InChI=1S/C43H78O/c1-7-8-9-10-11-12-13-14-15-16-17-18-19-20-32-44-37-28-30-42(5)36(33-37)24-25-38-40-27-26-39(35(4)23-21-22-34(2)3)43(40,6)31-29-41(38)42/h24,34-35,37-41H,7-23,25-33H2,1-6H3/t35-,37?,38+,39-,40+,41+,42+,43-/m1/s1. The highest BCUT2D eigenvalue weighted by atomic mass is 16.5. The van der Waals surface area contributed by atoms with Gasteiger partial charge in [0, 0.05) is 6.61 Å². The molecule has 0 aromatic carbocycles. The Balaban J connectivity index is 1.11. The zero-order valence-corrected chi connectivity index (χ0v) is 30.9. The number of unbranched alkanes of at least 4 members (excludes halogenated alkanes) is 13.